The first-order valence-corrected chi connectivity index (χ1v) is 9.07. The van der Waals surface area contributed by atoms with Gasteiger partial charge in [-0.3, -0.25) is 14.5 Å². The summed E-state index contributed by atoms with van der Waals surface area (Å²) in [6.07, 6.45) is 6.88. The molecule has 3 heterocycles. The van der Waals surface area contributed by atoms with Gasteiger partial charge in [0.1, 0.15) is 0 Å². The third kappa shape index (κ3) is 4.38. The van der Waals surface area contributed by atoms with Crippen LogP contribution < -0.4 is 0 Å². The van der Waals surface area contributed by atoms with Crippen LogP contribution in [0, 0.1) is 0 Å². The molecular formula is C18H27N3O3. The summed E-state index contributed by atoms with van der Waals surface area (Å²) in [4.78, 5) is 30.7. The van der Waals surface area contributed by atoms with Gasteiger partial charge in [0.2, 0.25) is 5.91 Å². The molecule has 0 aromatic carbocycles. The molecule has 0 radical (unpaired) electrons. The monoisotopic (exact) mass is 333 g/mol. The van der Waals surface area contributed by atoms with Crippen molar-refractivity contribution in [3.63, 3.8) is 0 Å². The van der Waals surface area contributed by atoms with E-state index in [0.717, 1.165) is 45.6 Å². The smallest absolute Gasteiger partial charge is 0.289 e. The Labute approximate surface area is 143 Å². The molecule has 0 aliphatic carbocycles. The molecule has 0 spiro atoms. The van der Waals surface area contributed by atoms with Crippen LogP contribution >= 0.6 is 0 Å². The van der Waals surface area contributed by atoms with E-state index in [0.29, 0.717) is 25.3 Å². The van der Waals surface area contributed by atoms with E-state index in [2.05, 4.69) is 4.90 Å². The summed E-state index contributed by atoms with van der Waals surface area (Å²) in [6.45, 7) is 5.65. The number of nitrogens with zero attached hydrogens (tertiary/aromatic N) is 3. The maximum Gasteiger partial charge on any atom is 0.289 e. The lowest BCUT2D eigenvalue weighted by atomic mass is 10.2. The van der Waals surface area contributed by atoms with Crippen LogP contribution in [0.3, 0.4) is 0 Å². The molecule has 0 saturated carbocycles. The van der Waals surface area contributed by atoms with E-state index in [1.807, 2.05) is 9.80 Å². The minimum absolute atomic E-state index is 0.0414. The Morgan fingerprint density at radius 3 is 2.25 bits per heavy atom. The lowest BCUT2D eigenvalue weighted by molar-refractivity contribution is -0.131. The molecule has 2 aliphatic rings. The Kier molecular flexibility index (Phi) is 5.91. The van der Waals surface area contributed by atoms with Gasteiger partial charge in [-0.15, -0.1) is 0 Å². The zero-order valence-electron chi connectivity index (χ0n) is 14.3. The Bertz CT molecular complexity index is 528. The molecule has 2 aliphatic heterocycles. The number of amides is 2. The first kappa shape index (κ1) is 17.0. The molecule has 2 amide bonds. The van der Waals surface area contributed by atoms with E-state index < -0.39 is 0 Å². The highest BCUT2D eigenvalue weighted by Crippen LogP contribution is 2.12. The minimum Gasteiger partial charge on any atom is -0.459 e. The van der Waals surface area contributed by atoms with Crippen molar-refractivity contribution in [3.8, 4) is 0 Å². The van der Waals surface area contributed by atoms with Crippen molar-refractivity contribution in [2.45, 2.75) is 32.1 Å². The second kappa shape index (κ2) is 8.33. The molecule has 3 rings (SSSR count). The average Bonchev–Trinajstić information content (AvgIpc) is 3.02. The van der Waals surface area contributed by atoms with Gasteiger partial charge in [0.15, 0.2) is 5.76 Å². The van der Waals surface area contributed by atoms with Crippen molar-refractivity contribution in [2.24, 2.45) is 0 Å². The van der Waals surface area contributed by atoms with Crippen molar-refractivity contribution in [2.75, 3.05) is 45.8 Å². The standard InChI is InChI=1S/C18H27N3O3/c22-17(20-8-3-1-2-4-9-20)7-10-19-11-13-21(14-12-19)18(23)16-6-5-15-24-16/h5-6,15H,1-4,7-14H2. The van der Waals surface area contributed by atoms with Crippen LogP contribution in [0.1, 0.15) is 42.7 Å². The highest BCUT2D eigenvalue weighted by atomic mass is 16.3. The Hall–Kier alpha value is -1.82. The van der Waals surface area contributed by atoms with Crippen molar-refractivity contribution in [3.05, 3.63) is 24.2 Å². The van der Waals surface area contributed by atoms with Crippen molar-refractivity contribution < 1.29 is 14.0 Å². The molecule has 6 nitrogen and oxygen atoms in total. The van der Waals surface area contributed by atoms with Gasteiger partial charge in [-0.2, -0.15) is 0 Å². The third-order valence-corrected chi connectivity index (χ3v) is 4.99. The fraction of sp³-hybridized carbons (Fsp3) is 0.667. The lowest BCUT2D eigenvalue weighted by Crippen LogP contribution is -2.49. The molecule has 132 valence electrons. The van der Waals surface area contributed by atoms with E-state index in [1.165, 1.54) is 19.1 Å². The van der Waals surface area contributed by atoms with Gasteiger partial charge in [-0.05, 0) is 25.0 Å². The summed E-state index contributed by atoms with van der Waals surface area (Å²) >= 11 is 0. The number of hydrogen-bond acceptors (Lipinski definition) is 4. The highest BCUT2D eigenvalue weighted by molar-refractivity contribution is 5.91. The van der Waals surface area contributed by atoms with E-state index in [-0.39, 0.29) is 11.8 Å². The third-order valence-electron chi connectivity index (χ3n) is 4.99. The molecule has 1 aromatic rings. The van der Waals surface area contributed by atoms with Crippen LogP contribution in [-0.4, -0.2) is 72.3 Å². The second-order valence-corrected chi connectivity index (χ2v) is 6.66. The number of hydrogen-bond donors (Lipinski definition) is 0. The Balaban J connectivity index is 1.39. The average molecular weight is 333 g/mol. The van der Waals surface area contributed by atoms with Gasteiger partial charge in [-0.1, -0.05) is 12.8 Å². The molecule has 0 unspecified atom stereocenters. The number of rotatable bonds is 4. The van der Waals surface area contributed by atoms with Gasteiger partial charge in [0.25, 0.3) is 5.91 Å². The highest BCUT2D eigenvalue weighted by Gasteiger charge is 2.24. The molecule has 2 fully saturated rings. The largest absolute Gasteiger partial charge is 0.459 e. The topological polar surface area (TPSA) is 57.0 Å². The quantitative estimate of drug-likeness (QED) is 0.843. The first-order chi connectivity index (χ1) is 11.7. The second-order valence-electron chi connectivity index (χ2n) is 6.66. The van der Waals surface area contributed by atoms with E-state index in [9.17, 15) is 9.59 Å². The van der Waals surface area contributed by atoms with Gasteiger partial charge in [0.05, 0.1) is 6.26 Å². The zero-order valence-corrected chi connectivity index (χ0v) is 14.3. The van der Waals surface area contributed by atoms with Crippen LogP contribution in [0.2, 0.25) is 0 Å². The van der Waals surface area contributed by atoms with Crippen LogP contribution in [0.5, 0.6) is 0 Å². The number of likely N-dealkylation sites (tertiary alicyclic amines) is 1. The van der Waals surface area contributed by atoms with Crippen molar-refractivity contribution in [1.82, 2.24) is 14.7 Å². The number of carbonyl (C=O) groups is 2. The van der Waals surface area contributed by atoms with Crippen LogP contribution in [0.4, 0.5) is 0 Å². The SMILES string of the molecule is O=C(CCN1CCN(C(=O)c2ccco2)CC1)N1CCCCCC1. The predicted molar refractivity (Wildman–Crippen MR) is 90.7 cm³/mol. The fourth-order valence-corrected chi connectivity index (χ4v) is 3.46. The molecule has 1 aromatic heterocycles. The molecule has 6 heteroatoms. The van der Waals surface area contributed by atoms with Gasteiger partial charge in [-0.25, -0.2) is 0 Å². The van der Waals surface area contributed by atoms with Crippen molar-refractivity contribution >= 4 is 11.8 Å². The van der Waals surface area contributed by atoms with E-state index >= 15 is 0 Å². The summed E-state index contributed by atoms with van der Waals surface area (Å²) in [6, 6.07) is 3.44. The van der Waals surface area contributed by atoms with Gasteiger partial charge < -0.3 is 14.2 Å². The zero-order chi connectivity index (χ0) is 16.8. The molecule has 0 atom stereocenters. The van der Waals surface area contributed by atoms with Crippen LogP contribution in [0.25, 0.3) is 0 Å². The minimum atomic E-state index is -0.0414. The fourth-order valence-electron chi connectivity index (χ4n) is 3.46. The van der Waals surface area contributed by atoms with Crippen molar-refractivity contribution in [1.29, 1.82) is 0 Å². The lowest BCUT2D eigenvalue weighted by Gasteiger charge is -2.34. The summed E-state index contributed by atoms with van der Waals surface area (Å²) in [5.41, 5.74) is 0. The Morgan fingerprint density at radius 1 is 0.917 bits per heavy atom. The first-order valence-electron chi connectivity index (χ1n) is 9.07. The maximum absolute atomic E-state index is 12.3. The number of furan rings is 1. The summed E-state index contributed by atoms with van der Waals surface area (Å²) in [5, 5.41) is 0. The van der Waals surface area contributed by atoms with E-state index in [4.69, 9.17) is 4.42 Å². The molecule has 0 N–H and O–H groups in total. The molecular weight excluding hydrogens is 306 g/mol. The summed E-state index contributed by atoms with van der Waals surface area (Å²) < 4.78 is 5.18. The summed E-state index contributed by atoms with van der Waals surface area (Å²) in [5.74, 6) is 0.645. The van der Waals surface area contributed by atoms with Gasteiger partial charge in [0, 0.05) is 52.2 Å². The van der Waals surface area contributed by atoms with Gasteiger partial charge >= 0.3 is 0 Å². The van der Waals surface area contributed by atoms with E-state index in [1.54, 1.807) is 12.1 Å². The maximum atomic E-state index is 12.3. The van der Waals surface area contributed by atoms with Crippen LogP contribution in [0.15, 0.2) is 22.8 Å². The Morgan fingerprint density at radius 2 is 1.62 bits per heavy atom. The molecule has 24 heavy (non-hydrogen) atoms. The number of piperazine rings is 1. The normalized spacial score (nSPS) is 20.0. The predicted octanol–water partition coefficient (Wildman–Crippen LogP) is 1.83. The molecule has 2 saturated heterocycles. The number of carbonyl (C=O) groups excluding carboxylic acids is 2. The van der Waals surface area contributed by atoms with Crippen LogP contribution in [-0.2, 0) is 4.79 Å². The summed E-state index contributed by atoms with van der Waals surface area (Å²) in [7, 11) is 0. The molecule has 0 bridgehead atoms.